The van der Waals surface area contributed by atoms with E-state index in [-0.39, 0.29) is 17.8 Å². The Hall–Kier alpha value is -0.690. The quantitative estimate of drug-likeness (QED) is 0.918. The van der Waals surface area contributed by atoms with E-state index in [4.69, 9.17) is 0 Å². The van der Waals surface area contributed by atoms with Gasteiger partial charge >= 0.3 is 0 Å². The highest BCUT2D eigenvalue weighted by Crippen LogP contribution is 2.27. The molecular formula is C14H17NO2S3. The number of hydrogen-bond acceptors (Lipinski definition) is 5. The minimum Gasteiger partial charge on any atom is -0.305 e. The van der Waals surface area contributed by atoms with Crippen molar-refractivity contribution in [2.75, 3.05) is 11.5 Å². The Bertz CT molecular complexity index is 632. The second kappa shape index (κ2) is 5.97. The zero-order valence-corrected chi connectivity index (χ0v) is 13.4. The summed E-state index contributed by atoms with van der Waals surface area (Å²) in [6.45, 7) is 0. The smallest absolute Gasteiger partial charge is 0.151 e. The molecule has 0 radical (unpaired) electrons. The molecule has 0 amide bonds. The molecular weight excluding hydrogens is 310 g/mol. The van der Waals surface area contributed by atoms with Crippen LogP contribution < -0.4 is 5.32 Å². The van der Waals surface area contributed by atoms with Crippen LogP contribution in [0.15, 0.2) is 35.0 Å². The zero-order valence-electron chi connectivity index (χ0n) is 11.0. The van der Waals surface area contributed by atoms with Gasteiger partial charge in [-0.3, -0.25) is 0 Å². The lowest BCUT2D eigenvalue weighted by Crippen LogP contribution is -2.34. The highest BCUT2D eigenvalue weighted by molar-refractivity contribution is 7.91. The first-order valence-electron chi connectivity index (χ1n) is 6.65. The van der Waals surface area contributed by atoms with E-state index in [2.05, 4.69) is 40.3 Å². The number of nitrogens with one attached hydrogen (secondary N) is 1. The molecule has 2 aromatic heterocycles. The molecule has 0 saturated carbocycles. The fraction of sp³-hybridized carbons (Fsp3) is 0.429. The van der Waals surface area contributed by atoms with Gasteiger partial charge in [0, 0.05) is 28.3 Å². The van der Waals surface area contributed by atoms with E-state index in [9.17, 15) is 8.42 Å². The summed E-state index contributed by atoms with van der Waals surface area (Å²) in [5, 5.41) is 7.71. The normalized spacial score (nSPS) is 22.9. The standard InChI is InChI=1S/C14H17NO2S3/c16-20(17)8-5-11(10-20)15-13(14-4-2-7-19-14)9-12-3-1-6-18-12/h1-4,6-7,11,13,15H,5,8-10H2. The number of rotatable bonds is 5. The molecule has 1 aliphatic rings. The molecule has 3 rings (SSSR count). The SMILES string of the molecule is O=S1(=O)CCC(NC(Cc2cccs2)c2cccs2)C1. The Morgan fingerprint density at radius 2 is 2.05 bits per heavy atom. The Labute approximate surface area is 127 Å². The van der Waals surface area contributed by atoms with Crippen LogP contribution in [-0.4, -0.2) is 26.0 Å². The predicted octanol–water partition coefficient (Wildman–Crippen LogP) is 2.87. The lowest BCUT2D eigenvalue weighted by atomic mass is 10.1. The van der Waals surface area contributed by atoms with E-state index in [0.717, 1.165) is 12.8 Å². The van der Waals surface area contributed by atoms with Gasteiger partial charge in [-0.05, 0) is 29.3 Å². The van der Waals surface area contributed by atoms with Crippen LogP contribution in [0.4, 0.5) is 0 Å². The number of hydrogen-bond donors (Lipinski definition) is 1. The van der Waals surface area contributed by atoms with Crippen molar-refractivity contribution in [3.05, 3.63) is 44.8 Å². The van der Waals surface area contributed by atoms with Crippen LogP contribution in [0, 0.1) is 0 Å². The summed E-state index contributed by atoms with van der Waals surface area (Å²) < 4.78 is 23.2. The van der Waals surface area contributed by atoms with Gasteiger partial charge in [0.15, 0.2) is 9.84 Å². The lowest BCUT2D eigenvalue weighted by molar-refractivity contribution is 0.464. The topological polar surface area (TPSA) is 46.2 Å². The maximum Gasteiger partial charge on any atom is 0.151 e. The fourth-order valence-corrected chi connectivity index (χ4v) is 5.80. The molecule has 2 atom stereocenters. The first kappa shape index (κ1) is 14.3. The third-order valence-corrected chi connectivity index (χ3v) is 7.19. The molecule has 6 heteroatoms. The van der Waals surface area contributed by atoms with Crippen LogP contribution in [0.25, 0.3) is 0 Å². The van der Waals surface area contributed by atoms with E-state index in [0.29, 0.717) is 5.75 Å². The van der Waals surface area contributed by atoms with Crippen molar-refractivity contribution in [2.45, 2.75) is 24.9 Å². The van der Waals surface area contributed by atoms with E-state index < -0.39 is 9.84 Å². The van der Waals surface area contributed by atoms with Gasteiger partial charge < -0.3 is 5.32 Å². The molecule has 108 valence electrons. The van der Waals surface area contributed by atoms with Gasteiger partial charge in [0.1, 0.15) is 0 Å². The third kappa shape index (κ3) is 3.49. The van der Waals surface area contributed by atoms with Crippen LogP contribution in [-0.2, 0) is 16.3 Å². The maximum atomic E-state index is 11.6. The van der Waals surface area contributed by atoms with Gasteiger partial charge in [-0.1, -0.05) is 12.1 Å². The van der Waals surface area contributed by atoms with E-state index in [1.165, 1.54) is 9.75 Å². The van der Waals surface area contributed by atoms with E-state index in [1.807, 2.05) is 0 Å². The van der Waals surface area contributed by atoms with Gasteiger partial charge in [-0.25, -0.2) is 8.42 Å². The monoisotopic (exact) mass is 327 g/mol. The number of thiophene rings is 2. The molecule has 2 aromatic rings. The highest BCUT2D eigenvalue weighted by atomic mass is 32.2. The summed E-state index contributed by atoms with van der Waals surface area (Å²) in [4.78, 5) is 2.61. The molecule has 0 aliphatic carbocycles. The Balaban J connectivity index is 1.73. The molecule has 1 fully saturated rings. The van der Waals surface area contributed by atoms with Gasteiger partial charge in [0.25, 0.3) is 0 Å². The molecule has 20 heavy (non-hydrogen) atoms. The van der Waals surface area contributed by atoms with Crippen molar-refractivity contribution in [3.8, 4) is 0 Å². The predicted molar refractivity (Wildman–Crippen MR) is 85.3 cm³/mol. The molecule has 3 nitrogen and oxygen atoms in total. The zero-order chi connectivity index (χ0) is 14.0. The molecule has 1 saturated heterocycles. The summed E-state index contributed by atoms with van der Waals surface area (Å²) >= 11 is 3.48. The summed E-state index contributed by atoms with van der Waals surface area (Å²) in [6, 6.07) is 8.68. The Kier molecular flexibility index (Phi) is 4.26. The Morgan fingerprint density at radius 1 is 1.25 bits per heavy atom. The molecule has 0 aromatic carbocycles. The molecule has 1 N–H and O–H groups in total. The van der Waals surface area contributed by atoms with Gasteiger partial charge in [-0.15, -0.1) is 22.7 Å². The van der Waals surface area contributed by atoms with Crippen LogP contribution in [0.2, 0.25) is 0 Å². The van der Waals surface area contributed by atoms with Gasteiger partial charge in [-0.2, -0.15) is 0 Å². The van der Waals surface area contributed by atoms with Crippen molar-refractivity contribution < 1.29 is 8.42 Å². The molecule has 3 heterocycles. The van der Waals surface area contributed by atoms with E-state index >= 15 is 0 Å². The molecule has 0 spiro atoms. The largest absolute Gasteiger partial charge is 0.305 e. The maximum absolute atomic E-state index is 11.6. The highest BCUT2D eigenvalue weighted by Gasteiger charge is 2.30. The van der Waals surface area contributed by atoms with Crippen LogP contribution in [0.5, 0.6) is 0 Å². The van der Waals surface area contributed by atoms with Gasteiger partial charge in [0.2, 0.25) is 0 Å². The average Bonchev–Trinajstić information content (AvgIpc) is 3.10. The second-order valence-electron chi connectivity index (χ2n) is 5.12. The first-order valence-corrected chi connectivity index (χ1v) is 10.2. The minimum absolute atomic E-state index is 0.0899. The van der Waals surface area contributed by atoms with Crippen LogP contribution in [0.3, 0.4) is 0 Å². The average molecular weight is 327 g/mol. The summed E-state index contributed by atoms with van der Waals surface area (Å²) in [6.07, 6.45) is 1.66. The molecule has 1 aliphatic heterocycles. The van der Waals surface area contributed by atoms with Gasteiger partial charge in [0.05, 0.1) is 11.5 Å². The summed E-state index contributed by atoms with van der Waals surface area (Å²) in [5.74, 6) is 0.597. The van der Waals surface area contributed by atoms with Crippen molar-refractivity contribution >= 4 is 32.5 Å². The number of sulfone groups is 1. The van der Waals surface area contributed by atoms with Crippen molar-refractivity contribution in [1.82, 2.24) is 5.32 Å². The third-order valence-electron chi connectivity index (χ3n) is 3.54. The van der Waals surface area contributed by atoms with Crippen molar-refractivity contribution in [3.63, 3.8) is 0 Å². The lowest BCUT2D eigenvalue weighted by Gasteiger charge is -2.21. The first-order chi connectivity index (χ1) is 9.62. The fourth-order valence-electron chi connectivity index (χ4n) is 2.57. The minimum atomic E-state index is -2.83. The summed E-state index contributed by atoms with van der Waals surface area (Å²) in [7, 11) is -2.83. The van der Waals surface area contributed by atoms with Crippen molar-refractivity contribution in [2.24, 2.45) is 0 Å². The van der Waals surface area contributed by atoms with Crippen LogP contribution >= 0.6 is 22.7 Å². The Morgan fingerprint density at radius 3 is 2.65 bits per heavy atom. The second-order valence-corrected chi connectivity index (χ2v) is 9.36. The van der Waals surface area contributed by atoms with Crippen molar-refractivity contribution in [1.29, 1.82) is 0 Å². The summed E-state index contributed by atoms with van der Waals surface area (Å²) in [5.41, 5.74) is 0. The van der Waals surface area contributed by atoms with Crippen LogP contribution in [0.1, 0.15) is 22.2 Å². The van der Waals surface area contributed by atoms with E-state index in [1.54, 1.807) is 22.7 Å². The molecule has 2 unspecified atom stereocenters. The molecule has 0 bridgehead atoms.